The van der Waals surface area contributed by atoms with Crippen LogP contribution in [0.1, 0.15) is 34.7 Å². The molecular weight excluding hydrogens is 424 g/mol. The van der Waals surface area contributed by atoms with E-state index in [1.54, 1.807) is 17.8 Å². The molecule has 1 aliphatic carbocycles. The second-order valence-electron chi connectivity index (χ2n) is 8.01. The van der Waals surface area contributed by atoms with Gasteiger partial charge in [0.25, 0.3) is 0 Å². The smallest absolute Gasteiger partial charge is 0.336 e. The van der Waals surface area contributed by atoms with Crippen molar-refractivity contribution in [2.45, 2.75) is 43.4 Å². The molecule has 0 bridgehead atoms. The zero-order chi connectivity index (χ0) is 20.9. The maximum atomic E-state index is 12.3. The maximum Gasteiger partial charge on any atom is 0.336 e. The summed E-state index contributed by atoms with van der Waals surface area (Å²) >= 11 is 3.53. The van der Waals surface area contributed by atoms with Crippen molar-refractivity contribution in [3.8, 4) is 0 Å². The lowest BCUT2D eigenvalue weighted by molar-refractivity contribution is 0.560. The van der Waals surface area contributed by atoms with Gasteiger partial charge in [-0.05, 0) is 60.6 Å². The molecule has 0 aliphatic heterocycles. The average Bonchev–Trinajstić information content (AvgIpc) is 3.15. The van der Waals surface area contributed by atoms with Gasteiger partial charge in [0.15, 0.2) is 0 Å². The number of thioether (sulfide) groups is 1. The molecule has 0 saturated heterocycles. The fraction of sp³-hybridized carbons (Fsp3) is 0.240. The van der Waals surface area contributed by atoms with Crippen LogP contribution in [0.4, 0.5) is 0 Å². The van der Waals surface area contributed by atoms with Gasteiger partial charge in [-0.25, -0.2) is 14.8 Å². The van der Waals surface area contributed by atoms with Crippen molar-refractivity contribution >= 4 is 55.1 Å². The Bertz CT molecular complexity index is 1530. The molecule has 6 heteroatoms. The summed E-state index contributed by atoms with van der Waals surface area (Å²) in [5.74, 6) is 1.46. The molecule has 3 aromatic heterocycles. The molecule has 0 radical (unpaired) electrons. The van der Waals surface area contributed by atoms with Gasteiger partial charge < -0.3 is 4.42 Å². The monoisotopic (exact) mass is 444 g/mol. The first-order valence-corrected chi connectivity index (χ1v) is 12.3. The molecule has 0 N–H and O–H groups in total. The second kappa shape index (κ2) is 7.46. The zero-order valence-corrected chi connectivity index (χ0v) is 18.7. The normalized spacial score (nSPS) is 13.8. The van der Waals surface area contributed by atoms with E-state index in [1.165, 1.54) is 28.7 Å². The molecular formula is C25H20N2O2S2. The summed E-state index contributed by atoms with van der Waals surface area (Å²) in [6.07, 6.45) is 4.74. The predicted octanol–water partition coefficient (Wildman–Crippen LogP) is 6.43. The van der Waals surface area contributed by atoms with Crippen LogP contribution >= 0.6 is 23.1 Å². The molecule has 6 rings (SSSR count). The molecule has 0 spiro atoms. The van der Waals surface area contributed by atoms with E-state index in [1.807, 2.05) is 42.5 Å². The first-order valence-electron chi connectivity index (χ1n) is 10.5. The van der Waals surface area contributed by atoms with Crippen molar-refractivity contribution in [3.05, 3.63) is 74.7 Å². The standard InChI is InChI=1S/C25H20N2O2S2/c1-14-26-24(23-18-8-4-5-9-20(18)31-25(23)27-14)30-13-16-12-21(28)29-19-11-10-15-6-2-3-7-17(15)22(16)19/h2-3,6-7,10-12H,4-5,8-9,13H2,1H3. The Hall–Kier alpha value is -2.70. The molecule has 1 aliphatic rings. The highest BCUT2D eigenvalue weighted by molar-refractivity contribution is 7.98. The van der Waals surface area contributed by atoms with Gasteiger partial charge in [0, 0.05) is 27.5 Å². The number of rotatable bonds is 3. The van der Waals surface area contributed by atoms with Crippen LogP contribution in [0.2, 0.25) is 0 Å². The van der Waals surface area contributed by atoms with Crippen LogP contribution in [0, 0.1) is 6.92 Å². The highest BCUT2D eigenvalue weighted by Gasteiger charge is 2.21. The van der Waals surface area contributed by atoms with E-state index in [0.29, 0.717) is 11.3 Å². The Balaban J connectivity index is 1.49. The van der Waals surface area contributed by atoms with Gasteiger partial charge in [0.2, 0.25) is 0 Å². The highest BCUT2D eigenvalue weighted by Crippen LogP contribution is 2.41. The zero-order valence-electron chi connectivity index (χ0n) is 17.1. The third-order valence-electron chi connectivity index (χ3n) is 5.97. The van der Waals surface area contributed by atoms with Crippen LogP contribution in [0.5, 0.6) is 0 Å². The molecule has 0 saturated carbocycles. The van der Waals surface area contributed by atoms with Crippen LogP contribution in [0.3, 0.4) is 0 Å². The second-order valence-corrected chi connectivity index (χ2v) is 10.1. The Labute approximate surface area is 187 Å². The minimum absolute atomic E-state index is 0.310. The van der Waals surface area contributed by atoms with Crippen molar-refractivity contribution in [1.82, 2.24) is 9.97 Å². The summed E-state index contributed by atoms with van der Waals surface area (Å²) in [5.41, 5.74) is 2.76. The largest absolute Gasteiger partial charge is 0.423 e. The molecule has 0 fully saturated rings. The number of benzene rings is 2. The number of nitrogens with zero attached hydrogens (tertiary/aromatic N) is 2. The third kappa shape index (κ3) is 3.25. The summed E-state index contributed by atoms with van der Waals surface area (Å²) in [4.78, 5) is 24.4. The number of thiophene rings is 1. The van der Waals surface area contributed by atoms with Gasteiger partial charge in [0.05, 0.1) is 0 Å². The molecule has 31 heavy (non-hydrogen) atoms. The van der Waals surface area contributed by atoms with Crippen molar-refractivity contribution in [3.63, 3.8) is 0 Å². The fourth-order valence-electron chi connectivity index (χ4n) is 4.61. The highest BCUT2D eigenvalue weighted by atomic mass is 32.2. The molecule has 5 aromatic rings. The van der Waals surface area contributed by atoms with Gasteiger partial charge >= 0.3 is 5.63 Å². The van der Waals surface area contributed by atoms with Crippen molar-refractivity contribution in [2.24, 2.45) is 0 Å². The van der Waals surface area contributed by atoms with E-state index in [9.17, 15) is 4.79 Å². The molecule has 3 heterocycles. The molecule has 4 nitrogen and oxygen atoms in total. The minimum Gasteiger partial charge on any atom is -0.423 e. The molecule has 0 atom stereocenters. The average molecular weight is 445 g/mol. The quantitative estimate of drug-likeness (QED) is 0.139. The van der Waals surface area contributed by atoms with Gasteiger partial charge in [0.1, 0.15) is 21.3 Å². The van der Waals surface area contributed by atoms with Crippen LogP contribution in [0.15, 0.2) is 56.7 Å². The van der Waals surface area contributed by atoms with Crippen LogP contribution < -0.4 is 5.63 Å². The Morgan fingerprint density at radius 3 is 2.87 bits per heavy atom. The van der Waals surface area contributed by atoms with Crippen molar-refractivity contribution < 1.29 is 4.42 Å². The van der Waals surface area contributed by atoms with Crippen molar-refractivity contribution in [2.75, 3.05) is 0 Å². The molecule has 0 amide bonds. The molecule has 154 valence electrons. The number of fused-ring (bicyclic) bond motifs is 6. The van der Waals surface area contributed by atoms with Crippen LogP contribution in [0.25, 0.3) is 32.0 Å². The Morgan fingerprint density at radius 1 is 1.06 bits per heavy atom. The lowest BCUT2D eigenvalue weighted by Gasteiger charge is -2.12. The van der Waals surface area contributed by atoms with E-state index in [0.717, 1.165) is 50.2 Å². The summed E-state index contributed by atoms with van der Waals surface area (Å²) in [6.45, 7) is 1.96. The third-order valence-corrected chi connectivity index (χ3v) is 8.18. The first-order chi connectivity index (χ1) is 15.2. The Kier molecular flexibility index (Phi) is 4.58. The lowest BCUT2D eigenvalue weighted by Crippen LogP contribution is -2.01. The van der Waals surface area contributed by atoms with Gasteiger partial charge in [-0.1, -0.05) is 30.3 Å². The SMILES string of the molecule is Cc1nc(SCc2cc(=O)oc3ccc4ccccc4c23)c2c3c(sc2n1)CCCC3. The van der Waals surface area contributed by atoms with Gasteiger partial charge in [-0.3, -0.25) is 0 Å². The number of aromatic nitrogens is 2. The van der Waals surface area contributed by atoms with Gasteiger partial charge in [-0.2, -0.15) is 0 Å². The fourth-order valence-corrected chi connectivity index (χ4v) is 7.06. The maximum absolute atomic E-state index is 12.3. The minimum atomic E-state index is -0.310. The van der Waals surface area contributed by atoms with Gasteiger partial charge in [-0.15, -0.1) is 23.1 Å². The topological polar surface area (TPSA) is 56.0 Å². The van der Waals surface area contributed by atoms with E-state index < -0.39 is 0 Å². The lowest BCUT2D eigenvalue weighted by atomic mass is 9.97. The van der Waals surface area contributed by atoms with Crippen LogP contribution in [-0.4, -0.2) is 9.97 Å². The summed E-state index contributed by atoms with van der Waals surface area (Å²) < 4.78 is 5.53. The van der Waals surface area contributed by atoms with Crippen molar-refractivity contribution in [1.29, 1.82) is 0 Å². The summed E-state index contributed by atoms with van der Waals surface area (Å²) in [6, 6.07) is 13.8. The summed E-state index contributed by atoms with van der Waals surface area (Å²) in [5, 5.41) is 5.52. The van der Waals surface area contributed by atoms with E-state index in [4.69, 9.17) is 14.4 Å². The number of aryl methyl sites for hydroxylation is 3. The number of hydrogen-bond acceptors (Lipinski definition) is 6. The Morgan fingerprint density at radius 2 is 1.94 bits per heavy atom. The van der Waals surface area contributed by atoms with Crippen LogP contribution in [-0.2, 0) is 18.6 Å². The first kappa shape index (κ1) is 19.0. The molecule has 2 aromatic carbocycles. The predicted molar refractivity (Wildman–Crippen MR) is 128 cm³/mol. The molecule has 0 unspecified atom stereocenters. The number of hydrogen-bond donors (Lipinski definition) is 0. The van der Waals surface area contributed by atoms with E-state index >= 15 is 0 Å². The van der Waals surface area contributed by atoms with E-state index in [2.05, 4.69) is 12.1 Å². The van der Waals surface area contributed by atoms with E-state index in [-0.39, 0.29) is 5.63 Å². The summed E-state index contributed by atoms with van der Waals surface area (Å²) in [7, 11) is 0.